The van der Waals surface area contributed by atoms with Crippen LogP contribution >= 0.6 is 0 Å². The standard InChI is InChI=1S/C31H58FNO6/c1-14-17-30(10,36-13)26(39-27-21(6)23(33-12)18-20(5)37-27)22(7)25(34)31(11,32)28(35)38-24(16-3)29(8,9)19(4)15-2/h19-24,26-27,33H,14-18H2,1-13H3/t19-,20-,21-,22+,23+,24-,26-,27+,30+,31+/m1/s1. The molecule has 0 aromatic heterocycles. The maximum atomic E-state index is 16.2. The maximum absolute atomic E-state index is 16.2. The Balaban J connectivity index is 3.33. The van der Waals surface area contributed by atoms with E-state index < -0.39 is 47.4 Å². The predicted octanol–water partition coefficient (Wildman–Crippen LogP) is 6.26. The highest BCUT2D eigenvalue weighted by atomic mass is 19.1. The molecule has 0 aromatic rings. The minimum Gasteiger partial charge on any atom is -0.459 e. The Kier molecular flexibility index (Phi) is 13.5. The molecule has 0 unspecified atom stereocenters. The molecule has 1 saturated heterocycles. The van der Waals surface area contributed by atoms with Gasteiger partial charge in [0.1, 0.15) is 6.10 Å². The van der Waals surface area contributed by atoms with E-state index in [4.69, 9.17) is 18.9 Å². The molecule has 0 radical (unpaired) electrons. The zero-order chi connectivity index (χ0) is 30.3. The lowest BCUT2D eigenvalue weighted by Gasteiger charge is -2.46. The monoisotopic (exact) mass is 559 g/mol. The number of methoxy groups -OCH3 is 1. The number of Topliss-reactive ketones (excluding diaryl/α,β-unsaturated/α-hetero) is 1. The number of hydrogen-bond acceptors (Lipinski definition) is 7. The zero-order valence-electron chi connectivity index (χ0n) is 27.0. The van der Waals surface area contributed by atoms with Crippen LogP contribution in [0.4, 0.5) is 4.39 Å². The number of nitrogens with one attached hydrogen (secondary N) is 1. The Labute approximate surface area is 237 Å². The highest BCUT2D eigenvalue weighted by molar-refractivity contribution is 6.07. The smallest absolute Gasteiger partial charge is 0.351 e. The normalized spacial score (nSPS) is 28.5. The van der Waals surface area contributed by atoms with E-state index in [1.807, 2.05) is 55.5 Å². The number of ether oxygens (including phenoxy) is 4. The molecule has 7 nitrogen and oxygen atoms in total. The van der Waals surface area contributed by atoms with E-state index in [2.05, 4.69) is 19.2 Å². The van der Waals surface area contributed by atoms with Crippen molar-refractivity contribution in [2.24, 2.45) is 23.2 Å². The van der Waals surface area contributed by atoms with Crippen LogP contribution in [0.5, 0.6) is 0 Å². The summed E-state index contributed by atoms with van der Waals surface area (Å²) in [6.07, 6.45) is 1.52. The molecule has 0 saturated carbocycles. The Hall–Kier alpha value is -1.09. The van der Waals surface area contributed by atoms with E-state index in [0.29, 0.717) is 12.8 Å². The van der Waals surface area contributed by atoms with E-state index >= 15 is 4.39 Å². The predicted molar refractivity (Wildman–Crippen MR) is 153 cm³/mol. The van der Waals surface area contributed by atoms with Gasteiger partial charge in [-0.05, 0) is 53.0 Å². The number of esters is 1. The number of halogens is 1. The lowest BCUT2D eigenvalue weighted by Crippen LogP contribution is -2.58. The summed E-state index contributed by atoms with van der Waals surface area (Å²) in [5.74, 6) is -2.82. The summed E-state index contributed by atoms with van der Waals surface area (Å²) in [5.41, 5.74) is -4.13. The summed E-state index contributed by atoms with van der Waals surface area (Å²) in [6, 6.07) is 0.159. The average molecular weight is 560 g/mol. The van der Waals surface area contributed by atoms with Crippen molar-refractivity contribution in [1.29, 1.82) is 0 Å². The quantitative estimate of drug-likeness (QED) is 0.176. The van der Waals surface area contributed by atoms with Gasteiger partial charge in [0.15, 0.2) is 12.1 Å². The van der Waals surface area contributed by atoms with Crippen molar-refractivity contribution >= 4 is 11.8 Å². The molecule has 1 heterocycles. The van der Waals surface area contributed by atoms with Crippen molar-refractivity contribution in [3.8, 4) is 0 Å². The molecule has 1 rings (SSSR count). The van der Waals surface area contributed by atoms with Gasteiger partial charge < -0.3 is 24.3 Å². The van der Waals surface area contributed by atoms with E-state index in [1.54, 1.807) is 14.0 Å². The minimum absolute atomic E-state index is 0.0199. The van der Waals surface area contributed by atoms with E-state index in [1.165, 1.54) is 0 Å². The van der Waals surface area contributed by atoms with Crippen molar-refractivity contribution < 1.29 is 32.9 Å². The van der Waals surface area contributed by atoms with Gasteiger partial charge in [0, 0.05) is 30.4 Å². The van der Waals surface area contributed by atoms with Gasteiger partial charge in [-0.3, -0.25) is 4.79 Å². The van der Waals surface area contributed by atoms with Crippen LogP contribution in [-0.2, 0) is 28.5 Å². The Morgan fingerprint density at radius 3 is 2.13 bits per heavy atom. The second-order valence-corrected chi connectivity index (χ2v) is 12.7. The van der Waals surface area contributed by atoms with Gasteiger partial charge in [0.05, 0.1) is 17.8 Å². The fourth-order valence-corrected chi connectivity index (χ4v) is 6.01. The molecule has 0 aromatic carbocycles. The molecular formula is C31H58FNO6. The zero-order valence-corrected chi connectivity index (χ0v) is 27.0. The highest BCUT2D eigenvalue weighted by Gasteiger charge is 2.53. The van der Waals surface area contributed by atoms with Crippen LogP contribution in [0.25, 0.3) is 0 Å². The number of hydrogen-bond donors (Lipinski definition) is 1. The molecule has 0 spiro atoms. The number of carbonyl (C=O) groups excluding carboxylic acids is 2. The molecule has 39 heavy (non-hydrogen) atoms. The number of ketones is 1. The van der Waals surface area contributed by atoms with Crippen LogP contribution in [0.15, 0.2) is 0 Å². The Bertz CT molecular complexity index is 789. The van der Waals surface area contributed by atoms with Crippen molar-refractivity contribution in [2.75, 3.05) is 14.2 Å². The lowest BCUT2D eigenvalue weighted by atomic mass is 9.73. The molecule has 0 aliphatic carbocycles. The summed E-state index contributed by atoms with van der Waals surface area (Å²) in [7, 11) is 3.47. The summed E-state index contributed by atoms with van der Waals surface area (Å²) < 4.78 is 40.6. The summed E-state index contributed by atoms with van der Waals surface area (Å²) in [4.78, 5) is 27.0. The first-order chi connectivity index (χ1) is 18.0. The minimum atomic E-state index is -2.85. The SMILES string of the molecule is CCC[C@](C)(OC)[C@H](O[C@@H]1O[C@H](C)C[C@H](NC)[C@H]1C)[C@@H](C)C(=O)[C@](C)(F)C(=O)O[C@H](CC)C(C)(C)[C@H](C)CC. The van der Waals surface area contributed by atoms with Gasteiger partial charge in [-0.15, -0.1) is 0 Å². The van der Waals surface area contributed by atoms with E-state index in [9.17, 15) is 9.59 Å². The van der Waals surface area contributed by atoms with Crippen molar-refractivity contribution in [3.05, 3.63) is 0 Å². The van der Waals surface area contributed by atoms with E-state index in [0.717, 1.165) is 26.2 Å². The fraction of sp³-hybridized carbons (Fsp3) is 0.935. The fourth-order valence-electron chi connectivity index (χ4n) is 6.01. The molecule has 10 atom stereocenters. The molecule has 1 N–H and O–H groups in total. The third-order valence-corrected chi connectivity index (χ3v) is 9.53. The van der Waals surface area contributed by atoms with Crippen molar-refractivity contribution in [2.45, 2.75) is 150 Å². The molecule has 0 amide bonds. The molecule has 1 aliphatic rings. The number of carbonyl (C=O) groups is 2. The molecule has 230 valence electrons. The first kappa shape index (κ1) is 35.9. The lowest BCUT2D eigenvalue weighted by molar-refractivity contribution is -0.275. The molecule has 1 aliphatic heterocycles. The van der Waals surface area contributed by atoms with Crippen LogP contribution < -0.4 is 5.32 Å². The van der Waals surface area contributed by atoms with Gasteiger partial charge in [-0.1, -0.05) is 68.2 Å². The van der Waals surface area contributed by atoms with Crippen LogP contribution in [0.3, 0.4) is 0 Å². The molecular weight excluding hydrogens is 501 g/mol. The van der Waals surface area contributed by atoms with Gasteiger partial charge >= 0.3 is 5.97 Å². The number of alkyl halides is 1. The largest absolute Gasteiger partial charge is 0.459 e. The summed E-state index contributed by atoms with van der Waals surface area (Å²) in [6.45, 7) is 20.6. The Morgan fingerprint density at radius 2 is 1.67 bits per heavy atom. The van der Waals surface area contributed by atoms with Gasteiger partial charge in [0.25, 0.3) is 5.67 Å². The molecule has 1 fully saturated rings. The van der Waals surface area contributed by atoms with Crippen LogP contribution in [-0.4, -0.2) is 67.8 Å². The summed E-state index contributed by atoms with van der Waals surface area (Å²) in [5, 5.41) is 3.32. The van der Waals surface area contributed by atoms with E-state index in [-0.39, 0.29) is 29.4 Å². The van der Waals surface area contributed by atoms with Gasteiger partial charge in [0.2, 0.25) is 0 Å². The second kappa shape index (κ2) is 14.7. The van der Waals surface area contributed by atoms with Crippen LogP contribution in [0, 0.1) is 23.2 Å². The van der Waals surface area contributed by atoms with Gasteiger partial charge in [-0.2, -0.15) is 0 Å². The first-order valence-corrected chi connectivity index (χ1v) is 15.0. The summed E-state index contributed by atoms with van der Waals surface area (Å²) >= 11 is 0. The van der Waals surface area contributed by atoms with Crippen molar-refractivity contribution in [3.63, 3.8) is 0 Å². The second-order valence-electron chi connectivity index (χ2n) is 12.7. The van der Waals surface area contributed by atoms with Crippen molar-refractivity contribution in [1.82, 2.24) is 5.32 Å². The molecule has 8 heteroatoms. The Morgan fingerprint density at radius 1 is 1.08 bits per heavy atom. The molecule has 0 bridgehead atoms. The first-order valence-electron chi connectivity index (χ1n) is 15.0. The third kappa shape index (κ3) is 8.23. The highest BCUT2D eigenvalue weighted by Crippen LogP contribution is 2.39. The van der Waals surface area contributed by atoms with Gasteiger partial charge in [-0.25, -0.2) is 9.18 Å². The third-order valence-electron chi connectivity index (χ3n) is 9.53. The number of rotatable bonds is 16. The van der Waals surface area contributed by atoms with Crippen LogP contribution in [0.2, 0.25) is 0 Å². The van der Waals surface area contributed by atoms with Crippen LogP contribution in [0.1, 0.15) is 108 Å². The maximum Gasteiger partial charge on any atom is 0.351 e. The topological polar surface area (TPSA) is 83.1 Å². The average Bonchev–Trinajstić information content (AvgIpc) is 2.89.